The number of amides is 4. The molecule has 2 aromatic heterocycles. The van der Waals surface area contributed by atoms with Crippen LogP contribution in [0.1, 0.15) is 62.6 Å². The van der Waals surface area contributed by atoms with Crippen molar-refractivity contribution >= 4 is 62.9 Å². The van der Waals surface area contributed by atoms with Crippen LogP contribution in [0.15, 0.2) is 72.8 Å². The number of fused-ring (bicyclic) bond motifs is 3. The van der Waals surface area contributed by atoms with Crippen molar-refractivity contribution < 1.29 is 43.5 Å². The maximum Gasteiger partial charge on any atom is 0.352 e. The minimum atomic E-state index is -1.02. The number of quaternary nitrogens is 1. The molecule has 0 spiro atoms. The zero-order valence-corrected chi connectivity index (χ0v) is 37.4. The van der Waals surface area contributed by atoms with Gasteiger partial charge in [0, 0.05) is 52.2 Å². The monoisotopic (exact) mass is 900 g/mol. The van der Waals surface area contributed by atoms with Crippen LogP contribution < -0.4 is 19.7 Å². The first-order chi connectivity index (χ1) is 31.4. The number of carbonyl (C=O) groups is 5. The Morgan fingerprint density at radius 2 is 1.68 bits per heavy atom. The van der Waals surface area contributed by atoms with E-state index in [1.54, 1.807) is 23.1 Å². The van der Waals surface area contributed by atoms with Crippen molar-refractivity contribution in [2.45, 2.75) is 58.7 Å². The smallest absolute Gasteiger partial charge is 0.352 e. The summed E-state index contributed by atoms with van der Waals surface area (Å²) < 4.78 is 16.1. The molecule has 0 saturated carbocycles. The van der Waals surface area contributed by atoms with Crippen molar-refractivity contribution in [1.29, 1.82) is 0 Å². The van der Waals surface area contributed by atoms with Gasteiger partial charge in [-0.25, -0.2) is 4.79 Å². The van der Waals surface area contributed by atoms with E-state index in [-0.39, 0.29) is 49.4 Å². The number of piperidine rings is 1. The number of carbonyl (C=O) groups excluding carboxylic acids is 4. The predicted octanol–water partition coefficient (Wildman–Crippen LogP) is 4.74. The summed E-state index contributed by atoms with van der Waals surface area (Å²) in [6, 6.07) is 22.2. The van der Waals surface area contributed by atoms with E-state index >= 15 is 0 Å². The minimum Gasteiger partial charge on any atom is -0.493 e. The molecule has 3 aliphatic heterocycles. The molecule has 5 heterocycles. The Labute approximate surface area is 380 Å². The number of piperazine rings is 1. The molecule has 1 unspecified atom stereocenters. The fourth-order valence-electron chi connectivity index (χ4n) is 9.86. The second-order valence-corrected chi connectivity index (χ2v) is 17.5. The quantitative estimate of drug-likeness (QED) is 0.103. The minimum absolute atomic E-state index is 0.143. The lowest BCUT2D eigenvalue weighted by Crippen LogP contribution is -3.15. The van der Waals surface area contributed by atoms with Crippen LogP contribution in [0.25, 0.3) is 32.8 Å². The van der Waals surface area contributed by atoms with E-state index < -0.39 is 17.9 Å². The second kappa shape index (κ2) is 18.0. The highest BCUT2D eigenvalue weighted by Crippen LogP contribution is 2.42. The van der Waals surface area contributed by atoms with Crippen molar-refractivity contribution in [3.8, 4) is 22.6 Å². The zero-order valence-electron chi connectivity index (χ0n) is 36.6. The van der Waals surface area contributed by atoms with Crippen LogP contribution in [-0.4, -0.2) is 111 Å². The average molecular weight is 901 g/mol. The third-order valence-electron chi connectivity index (χ3n) is 13.2. The number of carboxylic acid groups (broad SMARTS) is 1. The summed E-state index contributed by atoms with van der Waals surface area (Å²) in [5.41, 5.74) is 6.10. The number of aromatic carboxylic acids is 1. The number of aromatic nitrogens is 3. The predicted molar refractivity (Wildman–Crippen MR) is 243 cm³/mol. The van der Waals surface area contributed by atoms with Crippen molar-refractivity contribution in [3.05, 3.63) is 112 Å². The molecule has 3 N–H and O–H groups in total. The number of carboxylic acids is 1. The van der Waals surface area contributed by atoms with Gasteiger partial charge in [0.25, 0.3) is 11.8 Å². The topological polar surface area (TPSA) is 170 Å². The molecule has 3 aliphatic rings. The molecule has 1 atom stereocenters. The summed E-state index contributed by atoms with van der Waals surface area (Å²) in [6.07, 6.45) is 1.46. The molecule has 0 bridgehead atoms. The van der Waals surface area contributed by atoms with E-state index in [4.69, 9.17) is 21.1 Å². The summed E-state index contributed by atoms with van der Waals surface area (Å²) in [5, 5.41) is 21.4. The highest BCUT2D eigenvalue weighted by Gasteiger charge is 2.40. The summed E-state index contributed by atoms with van der Waals surface area (Å²) >= 11 is 7.08. The maximum atomic E-state index is 13.5. The van der Waals surface area contributed by atoms with Gasteiger partial charge in [-0.15, -0.1) is 0 Å². The van der Waals surface area contributed by atoms with Gasteiger partial charge >= 0.3 is 5.97 Å². The van der Waals surface area contributed by atoms with Crippen LogP contribution in [0.2, 0.25) is 5.02 Å². The third kappa shape index (κ3) is 8.30. The molecule has 0 aliphatic carbocycles. The number of aryl methyl sites for hydroxylation is 3. The summed E-state index contributed by atoms with van der Waals surface area (Å²) in [4.78, 5) is 68.9. The van der Waals surface area contributed by atoms with E-state index in [9.17, 15) is 29.1 Å². The number of nitrogens with zero attached hydrogens (tertiary/aromatic N) is 5. The first-order valence-electron chi connectivity index (χ1n) is 22.1. The van der Waals surface area contributed by atoms with Gasteiger partial charge in [-0.2, -0.15) is 5.10 Å². The van der Waals surface area contributed by atoms with Crippen LogP contribution in [0.4, 0.5) is 0 Å². The first-order valence-corrected chi connectivity index (χ1v) is 22.5. The Bertz CT molecular complexity index is 2890. The molecular weight excluding hydrogens is 850 g/mol. The first kappa shape index (κ1) is 43.5. The average Bonchev–Trinajstić information content (AvgIpc) is 3.90. The van der Waals surface area contributed by atoms with Gasteiger partial charge < -0.3 is 33.8 Å². The van der Waals surface area contributed by atoms with Crippen molar-refractivity contribution in [1.82, 2.24) is 29.5 Å². The number of ether oxygens (including phenoxy) is 2. The number of hydrogen-bond acceptors (Lipinski definition) is 8. The van der Waals surface area contributed by atoms with E-state index in [2.05, 4.69) is 10.4 Å². The number of rotatable bonds is 14. The highest BCUT2D eigenvalue weighted by molar-refractivity contribution is 6.35. The molecule has 2 fully saturated rings. The third-order valence-corrected chi connectivity index (χ3v) is 13.5. The maximum absolute atomic E-state index is 13.5. The van der Waals surface area contributed by atoms with E-state index in [1.807, 2.05) is 84.7 Å². The number of hydrogen-bond donors (Lipinski definition) is 3. The van der Waals surface area contributed by atoms with Gasteiger partial charge in [0.05, 0.1) is 68.7 Å². The van der Waals surface area contributed by atoms with Gasteiger partial charge in [-0.3, -0.25) is 29.2 Å². The van der Waals surface area contributed by atoms with Gasteiger partial charge in [0.15, 0.2) is 6.61 Å². The van der Waals surface area contributed by atoms with Crippen molar-refractivity contribution in [3.63, 3.8) is 0 Å². The van der Waals surface area contributed by atoms with Crippen LogP contribution in [0, 0.1) is 13.8 Å². The number of benzene rings is 4. The van der Waals surface area contributed by atoms with Crippen LogP contribution in [0.5, 0.6) is 11.5 Å². The van der Waals surface area contributed by atoms with E-state index in [0.29, 0.717) is 80.6 Å². The fourth-order valence-corrected chi connectivity index (χ4v) is 10.1. The molecule has 9 rings (SSSR count). The Balaban J connectivity index is 0.894. The fraction of sp³-hybridized carbons (Fsp3) is 0.347. The number of halogens is 1. The molecule has 15 nitrogen and oxygen atoms in total. The van der Waals surface area contributed by atoms with Crippen LogP contribution in [-0.2, 0) is 40.9 Å². The molecule has 4 aromatic carbocycles. The molecule has 4 amide bonds. The van der Waals surface area contributed by atoms with Crippen molar-refractivity contribution in [2.75, 3.05) is 45.9 Å². The Kier molecular flexibility index (Phi) is 12.1. The number of imide groups is 1. The molecule has 0 radical (unpaired) electrons. The second-order valence-electron chi connectivity index (χ2n) is 17.1. The van der Waals surface area contributed by atoms with Crippen LogP contribution in [0.3, 0.4) is 0 Å². The summed E-state index contributed by atoms with van der Waals surface area (Å²) in [7, 11) is 1.89. The van der Waals surface area contributed by atoms with Gasteiger partial charge in [0.2, 0.25) is 11.8 Å². The lowest BCUT2D eigenvalue weighted by molar-refractivity contribution is -0.904. The normalized spacial score (nSPS) is 16.7. The Morgan fingerprint density at radius 3 is 2.43 bits per heavy atom. The molecule has 2 saturated heterocycles. The summed E-state index contributed by atoms with van der Waals surface area (Å²) in [5.74, 6) is -1.17. The lowest BCUT2D eigenvalue weighted by atomic mass is 9.98. The lowest BCUT2D eigenvalue weighted by Gasteiger charge is -2.32. The Morgan fingerprint density at radius 1 is 0.923 bits per heavy atom. The largest absolute Gasteiger partial charge is 0.493 e. The van der Waals surface area contributed by atoms with E-state index in [1.165, 1.54) is 9.80 Å². The van der Waals surface area contributed by atoms with Crippen molar-refractivity contribution in [2.24, 2.45) is 7.05 Å². The molecule has 16 heteroatoms. The van der Waals surface area contributed by atoms with Gasteiger partial charge in [-0.05, 0) is 68.3 Å². The standard InChI is InChI=1S/C49H50ClN7O8/c1-29-43(30(2)53(3)52-29)44-37(50)17-16-34-33(13-8-26-64-39-14-6-10-31-9-4-5-11-32(31)39)46(49(62)63)56(45(34)44)25-22-54-20-23-55(24-21-54)42(59)28-65-40-15-7-12-35-36(40)27-57(48(35)61)38-18-19-41(58)51-47(38)60/h4-7,9-12,14-17,38H,8,13,18-28H2,1-3H3,(H,62,63)(H,51,58,60)/p+1. The van der Waals surface area contributed by atoms with E-state index in [0.717, 1.165) is 55.5 Å². The number of nitrogens with one attached hydrogen (secondary N) is 2. The molecule has 336 valence electrons. The zero-order chi connectivity index (χ0) is 45.5. The van der Waals surface area contributed by atoms with Crippen LogP contribution >= 0.6 is 11.6 Å². The SMILES string of the molecule is Cc1nn(C)c(C)c1-c1c(Cl)ccc2c(CCCOc3cccc4ccccc34)c(C(=O)O)n(CC[NH+]3CCN(C(=O)COc4cccc5c4CN(C4CCC(=O)NC4=O)C5=O)CC3)c12. The summed E-state index contributed by atoms with van der Waals surface area (Å²) in [6.45, 7) is 7.52. The van der Waals surface area contributed by atoms with Gasteiger partial charge in [0.1, 0.15) is 23.2 Å². The molecule has 65 heavy (non-hydrogen) atoms. The van der Waals surface area contributed by atoms with Gasteiger partial charge in [-0.1, -0.05) is 60.1 Å². The molecule has 6 aromatic rings. The highest BCUT2D eigenvalue weighted by atomic mass is 35.5. The molecular formula is C49H51ClN7O8+. The Hall–Kier alpha value is -6.71.